The van der Waals surface area contributed by atoms with Crippen LogP contribution in [0, 0.1) is 0 Å². The van der Waals surface area contributed by atoms with Crippen molar-refractivity contribution in [2.75, 3.05) is 26.2 Å². The summed E-state index contributed by atoms with van der Waals surface area (Å²) < 4.78 is 0. The lowest BCUT2D eigenvalue weighted by molar-refractivity contribution is 0.0740. The molecule has 3 heteroatoms. The number of nitrogens with zero attached hydrogens (tertiary/aromatic N) is 1. The first kappa shape index (κ1) is 9.71. The van der Waals surface area contributed by atoms with Crippen LogP contribution in [-0.2, 0) is 0 Å². The zero-order chi connectivity index (χ0) is 8.97. The smallest absolute Gasteiger partial charge is 0.0599 e. The number of hydrogen-bond donors (Lipinski definition) is 2. The third kappa shape index (κ3) is 2.06. The summed E-state index contributed by atoms with van der Waals surface area (Å²) >= 11 is 0. The summed E-state index contributed by atoms with van der Waals surface area (Å²) in [7, 11) is 0. The van der Waals surface area contributed by atoms with E-state index < -0.39 is 0 Å². The highest BCUT2D eigenvalue weighted by atomic mass is 16.3. The molecule has 2 unspecified atom stereocenters. The number of nitrogens with one attached hydrogen (secondary N) is 1. The summed E-state index contributed by atoms with van der Waals surface area (Å²) in [5.41, 5.74) is 0. The van der Waals surface area contributed by atoms with Crippen LogP contribution in [-0.4, -0.2) is 48.3 Å². The fraction of sp³-hybridized carbons (Fsp3) is 0.778. The lowest BCUT2D eigenvalue weighted by Crippen LogP contribution is -2.57. The van der Waals surface area contributed by atoms with E-state index in [9.17, 15) is 0 Å². The number of aliphatic hydroxyl groups is 1. The van der Waals surface area contributed by atoms with Crippen molar-refractivity contribution in [3.05, 3.63) is 12.7 Å². The van der Waals surface area contributed by atoms with Gasteiger partial charge in [-0.25, -0.2) is 0 Å². The summed E-state index contributed by atoms with van der Waals surface area (Å²) in [4.78, 5) is 2.28. The Balaban J connectivity index is 2.52. The Kier molecular flexibility index (Phi) is 3.72. The van der Waals surface area contributed by atoms with Crippen LogP contribution in [0.2, 0.25) is 0 Å². The van der Waals surface area contributed by atoms with E-state index in [2.05, 4.69) is 23.7 Å². The molecule has 0 aromatic carbocycles. The molecular formula is C9H18N2O. The summed E-state index contributed by atoms with van der Waals surface area (Å²) in [6.07, 6.45) is 1.89. The van der Waals surface area contributed by atoms with Crippen LogP contribution in [0.5, 0.6) is 0 Å². The maximum absolute atomic E-state index is 9.09. The van der Waals surface area contributed by atoms with Gasteiger partial charge in [0.1, 0.15) is 0 Å². The topological polar surface area (TPSA) is 35.5 Å². The van der Waals surface area contributed by atoms with Crippen molar-refractivity contribution in [3.8, 4) is 0 Å². The number of aliphatic hydroxyl groups excluding tert-OH is 1. The molecule has 0 spiro atoms. The first-order chi connectivity index (χ1) is 5.79. The van der Waals surface area contributed by atoms with E-state index >= 15 is 0 Å². The summed E-state index contributed by atoms with van der Waals surface area (Å²) in [6, 6.07) is 0.751. The molecule has 0 aromatic rings. The third-order valence-corrected chi connectivity index (χ3v) is 2.41. The largest absolute Gasteiger partial charge is 0.395 e. The van der Waals surface area contributed by atoms with Crippen LogP contribution in [0.15, 0.2) is 12.7 Å². The van der Waals surface area contributed by atoms with Gasteiger partial charge in [0.15, 0.2) is 0 Å². The monoisotopic (exact) mass is 170 g/mol. The molecule has 1 fully saturated rings. The van der Waals surface area contributed by atoms with E-state index in [1.54, 1.807) is 0 Å². The van der Waals surface area contributed by atoms with Crippen molar-refractivity contribution in [2.45, 2.75) is 19.0 Å². The molecule has 0 bridgehead atoms. The zero-order valence-corrected chi connectivity index (χ0v) is 7.66. The van der Waals surface area contributed by atoms with E-state index in [1.807, 2.05) is 6.08 Å². The van der Waals surface area contributed by atoms with Gasteiger partial charge in [0, 0.05) is 31.7 Å². The van der Waals surface area contributed by atoms with E-state index in [-0.39, 0.29) is 12.6 Å². The van der Waals surface area contributed by atoms with Crippen molar-refractivity contribution in [2.24, 2.45) is 0 Å². The Labute approximate surface area is 74.1 Å². The van der Waals surface area contributed by atoms with Gasteiger partial charge in [0.2, 0.25) is 0 Å². The number of piperazine rings is 1. The van der Waals surface area contributed by atoms with Gasteiger partial charge in [-0.1, -0.05) is 6.08 Å². The molecule has 2 N–H and O–H groups in total. The molecule has 70 valence electrons. The van der Waals surface area contributed by atoms with Gasteiger partial charge in [-0.2, -0.15) is 0 Å². The number of rotatable bonds is 3. The molecule has 0 amide bonds. The van der Waals surface area contributed by atoms with Gasteiger partial charge in [-0.05, 0) is 6.92 Å². The second-order valence-corrected chi connectivity index (χ2v) is 3.33. The van der Waals surface area contributed by atoms with E-state index in [0.29, 0.717) is 6.04 Å². The maximum atomic E-state index is 9.09. The SMILES string of the molecule is C=CCN1C(C)CNCC1CO. The van der Waals surface area contributed by atoms with Gasteiger partial charge in [-0.15, -0.1) is 6.58 Å². The summed E-state index contributed by atoms with van der Waals surface area (Å²) in [5, 5.41) is 12.4. The lowest BCUT2D eigenvalue weighted by Gasteiger charge is -2.39. The van der Waals surface area contributed by atoms with Crippen molar-refractivity contribution in [1.82, 2.24) is 10.2 Å². The lowest BCUT2D eigenvalue weighted by atomic mass is 10.1. The zero-order valence-electron chi connectivity index (χ0n) is 7.66. The molecule has 2 atom stereocenters. The van der Waals surface area contributed by atoms with Gasteiger partial charge in [0.25, 0.3) is 0 Å². The first-order valence-corrected chi connectivity index (χ1v) is 4.47. The molecule has 3 nitrogen and oxygen atoms in total. The Bertz CT molecular complexity index is 149. The van der Waals surface area contributed by atoms with Gasteiger partial charge in [0.05, 0.1) is 6.61 Å². The predicted molar refractivity (Wildman–Crippen MR) is 50.1 cm³/mol. The minimum absolute atomic E-state index is 0.227. The van der Waals surface area contributed by atoms with Crippen molar-refractivity contribution < 1.29 is 5.11 Å². The van der Waals surface area contributed by atoms with Gasteiger partial charge in [-0.3, -0.25) is 4.90 Å². The molecule has 0 aromatic heterocycles. The van der Waals surface area contributed by atoms with Crippen LogP contribution in [0.25, 0.3) is 0 Å². The molecule has 0 aliphatic carbocycles. The van der Waals surface area contributed by atoms with Crippen molar-refractivity contribution >= 4 is 0 Å². The molecular weight excluding hydrogens is 152 g/mol. The quantitative estimate of drug-likeness (QED) is 0.577. The fourth-order valence-corrected chi connectivity index (χ4v) is 1.70. The molecule has 1 aliphatic rings. The van der Waals surface area contributed by atoms with Gasteiger partial charge >= 0.3 is 0 Å². The molecule has 1 saturated heterocycles. The van der Waals surface area contributed by atoms with E-state index in [4.69, 9.17) is 5.11 Å². The van der Waals surface area contributed by atoms with Crippen LogP contribution in [0.3, 0.4) is 0 Å². The molecule has 1 heterocycles. The standard InChI is InChI=1S/C9H18N2O/c1-3-4-11-8(2)5-10-6-9(11)7-12/h3,8-10,12H,1,4-7H2,2H3. The Morgan fingerprint density at radius 2 is 2.42 bits per heavy atom. The molecule has 1 rings (SSSR count). The minimum atomic E-state index is 0.227. The van der Waals surface area contributed by atoms with Crippen LogP contribution < -0.4 is 5.32 Å². The average molecular weight is 170 g/mol. The Morgan fingerprint density at radius 1 is 1.67 bits per heavy atom. The van der Waals surface area contributed by atoms with Crippen molar-refractivity contribution in [3.63, 3.8) is 0 Å². The average Bonchev–Trinajstić information content (AvgIpc) is 2.09. The molecule has 0 saturated carbocycles. The molecule has 1 aliphatic heterocycles. The highest BCUT2D eigenvalue weighted by Gasteiger charge is 2.25. The second kappa shape index (κ2) is 4.60. The van der Waals surface area contributed by atoms with Crippen LogP contribution >= 0.6 is 0 Å². The van der Waals surface area contributed by atoms with E-state index in [1.165, 1.54) is 0 Å². The Hall–Kier alpha value is -0.380. The molecule has 12 heavy (non-hydrogen) atoms. The van der Waals surface area contributed by atoms with E-state index in [0.717, 1.165) is 19.6 Å². The van der Waals surface area contributed by atoms with Crippen molar-refractivity contribution in [1.29, 1.82) is 0 Å². The van der Waals surface area contributed by atoms with Crippen LogP contribution in [0.1, 0.15) is 6.92 Å². The fourth-order valence-electron chi connectivity index (χ4n) is 1.70. The van der Waals surface area contributed by atoms with Gasteiger partial charge < -0.3 is 10.4 Å². The summed E-state index contributed by atoms with van der Waals surface area (Å²) in [5.74, 6) is 0. The summed E-state index contributed by atoms with van der Waals surface area (Å²) in [6.45, 7) is 8.86. The first-order valence-electron chi connectivity index (χ1n) is 4.47. The highest BCUT2D eigenvalue weighted by Crippen LogP contribution is 2.08. The predicted octanol–water partition coefficient (Wildman–Crippen LogP) is -0.173. The Morgan fingerprint density at radius 3 is 3.00 bits per heavy atom. The third-order valence-electron chi connectivity index (χ3n) is 2.41. The minimum Gasteiger partial charge on any atom is -0.395 e. The number of hydrogen-bond acceptors (Lipinski definition) is 3. The van der Waals surface area contributed by atoms with Crippen LogP contribution in [0.4, 0.5) is 0 Å². The second-order valence-electron chi connectivity index (χ2n) is 3.33. The maximum Gasteiger partial charge on any atom is 0.0599 e. The molecule has 0 radical (unpaired) electrons. The normalized spacial score (nSPS) is 31.8. The highest BCUT2D eigenvalue weighted by molar-refractivity contribution is 4.88.